The number of sulfone groups is 1. The van der Waals surface area contributed by atoms with E-state index in [1.807, 2.05) is 6.92 Å². The van der Waals surface area contributed by atoms with Gasteiger partial charge in [0.25, 0.3) is 0 Å². The van der Waals surface area contributed by atoms with E-state index < -0.39 is 9.84 Å². The summed E-state index contributed by atoms with van der Waals surface area (Å²) in [5.41, 5.74) is -0.198. The summed E-state index contributed by atoms with van der Waals surface area (Å²) in [6.07, 6.45) is 1.78. The maximum Gasteiger partial charge on any atom is 0.152 e. The minimum absolute atomic E-state index is 0.198. The molecule has 1 rings (SSSR count). The predicted molar refractivity (Wildman–Crippen MR) is 67.4 cm³/mol. The molecule has 16 heavy (non-hydrogen) atoms. The summed E-state index contributed by atoms with van der Waals surface area (Å²) in [5, 5.41) is 6.71. The Hall–Kier alpha value is -0.130. The highest BCUT2D eigenvalue weighted by Crippen LogP contribution is 2.22. The molecule has 1 saturated heterocycles. The van der Waals surface area contributed by atoms with Crippen molar-refractivity contribution in [3.8, 4) is 0 Å². The van der Waals surface area contributed by atoms with Gasteiger partial charge in [-0.05, 0) is 32.9 Å². The van der Waals surface area contributed by atoms with E-state index in [4.69, 9.17) is 0 Å². The summed E-state index contributed by atoms with van der Waals surface area (Å²) in [6.45, 7) is 8.11. The molecule has 4 nitrogen and oxygen atoms in total. The zero-order chi connectivity index (χ0) is 12.2. The highest BCUT2D eigenvalue weighted by atomic mass is 32.2. The average Bonchev–Trinajstić information content (AvgIpc) is 2.40. The van der Waals surface area contributed by atoms with Gasteiger partial charge in [-0.25, -0.2) is 8.42 Å². The summed E-state index contributed by atoms with van der Waals surface area (Å²) in [5.74, 6) is 0.623. The molecule has 0 bridgehead atoms. The predicted octanol–water partition coefficient (Wildman–Crippen LogP) is 0.541. The van der Waals surface area contributed by atoms with Gasteiger partial charge in [-0.15, -0.1) is 0 Å². The smallest absolute Gasteiger partial charge is 0.152 e. The molecule has 1 unspecified atom stereocenters. The van der Waals surface area contributed by atoms with Crippen molar-refractivity contribution in [3.05, 3.63) is 0 Å². The fourth-order valence-corrected chi connectivity index (χ4v) is 4.14. The Kier molecular flexibility index (Phi) is 4.76. The number of hydrogen-bond donors (Lipinski definition) is 2. The average molecular weight is 248 g/mol. The van der Waals surface area contributed by atoms with E-state index >= 15 is 0 Å². The number of hydrogen-bond acceptors (Lipinski definition) is 4. The molecule has 1 fully saturated rings. The van der Waals surface area contributed by atoms with Gasteiger partial charge >= 0.3 is 0 Å². The van der Waals surface area contributed by atoms with Gasteiger partial charge in [0.05, 0.1) is 11.5 Å². The van der Waals surface area contributed by atoms with Gasteiger partial charge in [0.1, 0.15) is 0 Å². The fraction of sp³-hybridized carbons (Fsp3) is 1.00. The van der Waals surface area contributed by atoms with Crippen molar-refractivity contribution < 1.29 is 8.42 Å². The first-order chi connectivity index (χ1) is 7.33. The maximum absolute atomic E-state index is 11.4. The first kappa shape index (κ1) is 13.9. The van der Waals surface area contributed by atoms with Crippen molar-refractivity contribution in [2.75, 3.05) is 24.6 Å². The third kappa shape index (κ3) is 4.80. The summed E-state index contributed by atoms with van der Waals surface area (Å²) in [6, 6.07) is 0.516. The van der Waals surface area contributed by atoms with Crippen LogP contribution in [0.4, 0.5) is 0 Å². The van der Waals surface area contributed by atoms with Gasteiger partial charge in [0.15, 0.2) is 9.84 Å². The molecule has 0 aromatic rings. The SMILES string of the molecule is CC(C)NCCCNC1(C)CCS(=O)(=O)C1. The summed E-state index contributed by atoms with van der Waals surface area (Å²) in [7, 11) is -2.79. The van der Waals surface area contributed by atoms with E-state index in [0.29, 0.717) is 11.8 Å². The van der Waals surface area contributed by atoms with Crippen LogP contribution in [-0.4, -0.2) is 44.6 Å². The standard InChI is InChI=1S/C11H24N2O2S/c1-10(2)12-6-4-7-13-11(3)5-8-16(14,15)9-11/h10,12-13H,4-9H2,1-3H3. The zero-order valence-electron chi connectivity index (χ0n) is 10.5. The van der Waals surface area contributed by atoms with Gasteiger partial charge in [-0.2, -0.15) is 0 Å². The Labute approximate surface area is 99.1 Å². The Morgan fingerprint density at radius 3 is 2.50 bits per heavy atom. The summed E-state index contributed by atoms with van der Waals surface area (Å²) >= 11 is 0. The lowest BCUT2D eigenvalue weighted by molar-refractivity contribution is 0.390. The Balaban J connectivity index is 2.18. The van der Waals surface area contributed by atoms with Gasteiger partial charge < -0.3 is 10.6 Å². The number of rotatable bonds is 6. The van der Waals surface area contributed by atoms with E-state index in [-0.39, 0.29) is 11.3 Å². The lowest BCUT2D eigenvalue weighted by atomic mass is 10.0. The van der Waals surface area contributed by atoms with Crippen LogP contribution in [0.5, 0.6) is 0 Å². The van der Waals surface area contributed by atoms with Crippen LogP contribution in [0.15, 0.2) is 0 Å². The van der Waals surface area contributed by atoms with Crippen LogP contribution >= 0.6 is 0 Å². The Morgan fingerprint density at radius 2 is 2.00 bits per heavy atom. The second-order valence-corrected chi connectivity index (χ2v) is 7.48. The third-order valence-corrected chi connectivity index (χ3v) is 4.86. The van der Waals surface area contributed by atoms with Crippen LogP contribution in [0.1, 0.15) is 33.6 Å². The van der Waals surface area contributed by atoms with Crippen molar-refractivity contribution in [1.29, 1.82) is 0 Å². The van der Waals surface area contributed by atoms with Crippen molar-refractivity contribution in [1.82, 2.24) is 10.6 Å². The highest BCUT2D eigenvalue weighted by Gasteiger charge is 2.37. The molecule has 0 aromatic carbocycles. The van der Waals surface area contributed by atoms with Gasteiger partial charge in [-0.3, -0.25) is 0 Å². The molecule has 96 valence electrons. The third-order valence-electron chi connectivity index (χ3n) is 2.96. The molecule has 1 atom stereocenters. The van der Waals surface area contributed by atoms with E-state index in [2.05, 4.69) is 24.5 Å². The van der Waals surface area contributed by atoms with E-state index in [9.17, 15) is 8.42 Å². The fourth-order valence-electron chi connectivity index (χ4n) is 2.02. The highest BCUT2D eigenvalue weighted by molar-refractivity contribution is 7.91. The molecule has 5 heteroatoms. The van der Waals surface area contributed by atoms with E-state index in [0.717, 1.165) is 25.9 Å². The van der Waals surface area contributed by atoms with E-state index in [1.54, 1.807) is 0 Å². The molecule has 1 heterocycles. The Bertz CT molecular complexity index is 314. The van der Waals surface area contributed by atoms with Crippen LogP contribution in [0, 0.1) is 0 Å². The molecule has 0 amide bonds. The lowest BCUT2D eigenvalue weighted by Crippen LogP contribution is -2.44. The molecule has 1 aliphatic heterocycles. The molecule has 1 aliphatic rings. The lowest BCUT2D eigenvalue weighted by Gasteiger charge is -2.24. The molecule has 0 saturated carbocycles. The zero-order valence-corrected chi connectivity index (χ0v) is 11.4. The quantitative estimate of drug-likeness (QED) is 0.674. The Morgan fingerprint density at radius 1 is 1.31 bits per heavy atom. The minimum atomic E-state index is -2.79. The summed E-state index contributed by atoms with van der Waals surface area (Å²) < 4.78 is 22.7. The molecule has 0 radical (unpaired) electrons. The van der Waals surface area contributed by atoms with Crippen molar-refractivity contribution in [3.63, 3.8) is 0 Å². The topological polar surface area (TPSA) is 58.2 Å². The molecule has 0 aliphatic carbocycles. The van der Waals surface area contributed by atoms with Crippen molar-refractivity contribution in [2.45, 2.75) is 45.2 Å². The molecular formula is C11H24N2O2S. The molecule has 0 aromatic heterocycles. The van der Waals surface area contributed by atoms with Crippen molar-refractivity contribution >= 4 is 9.84 Å². The summed E-state index contributed by atoms with van der Waals surface area (Å²) in [4.78, 5) is 0. The van der Waals surface area contributed by atoms with Crippen LogP contribution in [0.3, 0.4) is 0 Å². The number of nitrogens with one attached hydrogen (secondary N) is 2. The van der Waals surface area contributed by atoms with Crippen LogP contribution in [0.25, 0.3) is 0 Å². The van der Waals surface area contributed by atoms with Gasteiger partial charge in [0, 0.05) is 11.6 Å². The first-order valence-electron chi connectivity index (χ1n) is 6.02. The maximum atomic E-state index is 11.4. The van der Waals surface area contributed by atoms with Crippen LogP contribution in [0.2, 0.25) is 0 Å². The second kappa shape index (κ2) is 5.47. The molecule has 2 N–H and O–H groups in total. The normalized spacial score (nSPS) is 28.8. The van der Waals surface area contributed by atoms with Crippen LogP contribution < -0.4 is 10.6 Å². The van der Waals surface area contributed by atoms with Gasteiger partial charge in [-0.1, -0.05) is 13.8 Å². The largest absolute Gasteiger partial charge is 0.314 e. The monoisotopic (exact) mass is 248 g/mol. The second-order valence-electron chi connectivity index (χ2n) is 5.29. The minimum Gasteiger partial charge on any atom is -0.314 e. The first-order valence-corrected chi connectivity index (χ1v) is 7.84. The molecular weight excluding hydrogens is 224 g/mol. The van der Waals surface area contributed by atoms with E-state index in [1.165, 1.54) is 0 Å². The van der Waals surface area contributed by atoms with Gasteiger partial charge in [0.2, 0.25) is 0 Å². The molecule has 0 spiro atoms. The van der Waals surface area contributed by atoms with Crippen LogP contribution in [-0.2, 0) is 9.84 Å². The van der Waals surface area contributed by atoms with Crippen molar-refractivity contribution in [2.24, 2.45) is 0 Å².